The smallest absolute Gasteiger partial charge is 0.217 e. The average Bonchev–Trinajstić information content (AvgIpc) is 2.47. The molecule has 0 fully saturated rings. The molecule has 3 N–H and O–H groups in total. The Bertz CT molecular complexity index is 300. The number of rotatable bonds is 4. The largest absolute Gasteiger partial charge is 0.388 e. The summed E-state index contributed by atoms with van der Waals surface area (Å²) in [5.41, 5.74) is 4.95. The Balaban J connectivity index is 2.48. The van der Waals surface area contributed by atoms with Crippen molar-refractivity contribution in [2.24, 2.45) is 5.73 Å². The Morgan fingerprint density at radius 3 is 2.85 bits per heavy atom. The zero-order valence-corrected chi connectivity index (χ0v) is 8.44. The molecule has 0 aliphatic rings. The molecular weight excluding hydrogens is 210 g/mol. The van der Waals surface area contributed by atoms with E-state index in [1.807, 2.05) is 0 Å². The van der Waals surface area contributed by atoms with Crippen molar-refractivity contribution in [1.82, 2.24) is 0 Å². The third-order valence-electron chi connectivity index (χ3n) is 1.59. The number of primary amides is 1. The first kappa shape index (κ1) is 10.5. The number of thiophene rings is 1. The normalized spacial score (nSPS) is 12.8. The van der Waals surface area contributed by atoms with E-state index in [0.29, 0.717) is 10.8 Å². The Hall–Kier alpha value is -0.580. The van der Waals surface area contributed by atoms with E-state index >= 15 is 0 Å². The van der Waals surface area contributed by atoms with Crippen LogP contribution in [0.25, 0.3) is 0 Å². The van der Waals surface area contributed by atoms with Crippen LogP contribution in [0.4, 0.5) is 0 Å². The number of aliphatic hydroxyl groups excluding tert-OH is 1. The molecule has 0 bridgehead atoms. The summed E-state index contributed by atoms with van der Waals surface area (Å²) >= 11 is 6.99. The van der Waals surface area contributed by atoms with Crippen molar-refractivity contribution in [3.05, 3.63) is 21.3 Å². The van der Waals surface area contributed by atoms with Gasteiger partial charge in [0.25, 0.3) is 0 Å². The predicted octanol–water partition coefficient (Wildman–Crippen LogP) is 1.70. The number of amides is 1. The zero-order chi connectivity index (χ0) is 9.84. The van der Waals surface area contributed by atoms with E-state index in [0.717, 1.165) is 4.88 Å². The van der Waals surface area contributed by atoms with Crippen molar-refractivity contribution >= 4 is 28.8 Å². The molecule has 5 heteroatoms. The first-order valence-electron chi connectivity index (χ1n) is 3.81. The Morgan fingerprint density at radius 1 is 1.69 bits per heavy atom. The molecule has 0 saturated carbocycles. The molecule has 1 aromatic rings. The number of hydrogen-bond donors (Lipinski definition) is 2. The molecule has 1 rings (SSSR count). The van der Waals surface area contributed by atoms with Gasteiger partial charge in [-0.25, -0.2) is 0 Å². The second-order valence-electron chi connectivity index (χ2n) is 2.66. The Labute approximate surface area is 85.1 Å². The van der Waals surface area contributed by atoms with Crippen molar-refractivity contribution in [3.8, 4) is 0 Å². The van der Waals surface area contributed by atoms with Gasteiger partial charge >= 0.3 is 0 Å². The first-order valence-corrected chi connectivity index (χ1v) is 5.00. The van der Waals surface area contributed by atoms with Gasteiger partial charge in [-0.2, -0.15) is 0 Å². The molecule has 1 unspecified atom stereocenters. The van der Waals surface area contributed by atoms with Crippen molar-refractivity contribution in [3.63, 3.8) is 0 Å². The minimum Gasteiger partial charge on any atom is -0.388 e. The van der Waals surface area contributed by atoms with E-state index in [9.17, 15) is 9.90 Å². The number of carbonyl (C=O) groups excluding carboxylic acids is 1. The van der Waals surface area contributed by atoms with Crippen LogP contribution in [0.2, 0.25) is 4.34 Å². The summed E-state index contributed by atoms with van der Waals surface area (Å²) in [4.78, 5) is 11.2. The van der Waals surface area contributed by atoms with Crippen molar-refractivity contribution in [1.29, 1.82) is 0 Å². The third kappa shape index (κ3) is 3.34. The highest BCUT2D eigenvalue weighted by atomic mass is 35.5. The van der Waals surface area contributed by atoms with Gasteiger partial charge < -0.3 is 10.8 Å². The molecule has 0 aliphatic carbocycles. The zero-order valence-electron chi connectivity index (χ0n) is 6.87. The topological polar surface area (TPSA) is 63.3 Å². The Morgan fingerprint density at radius 2 is 2.38 bits per heavy atom. The van der Waals surface area contributed by atoms with E-state index in [2.05, 4.69) is 0 Å². The summed E-state index contributed by atoms with van der Waals surface area (Å²) in [6.45, 7) is 0. The van der Waals surface area contributed by atoms with Crippen molar-refractivity contribution < 1.29 is 9.90 Å². The summed E-state index contributed by atoms with van der Waals surface area (Å²) < 4.78 is 0.633. The number of halogens is 1. The van der Waals surface area contributed by atoms with Gasteiger partial charge in [-0.1, -0.05) is 11.6 Å². The molecule has 1 heterocycles. The van der Waals surface area contributed by atoms with E-state index in [4.69, 9.17) is 17.3 Å². The highest BCUT2D eigenvalue weighted by Gasteiger charge is 2.10. The lowest BCUT2D eigenvalue weighted by atomic mass is 10.1. The molecule has 0 saturated heterocycles. The molecule has 0 aromatic carbocycles. The van der Waals surface area contributed by atoms with Gasteiger partial charge in [0.15, 0.2) is 0 Å². The van der Waals surface area contributed by atoms with E-state index in [1.54, 1.807) is 12.1 Å². The number of carbonyl (C=O) groups is 1. The molecule has 13 heavy (non-hydrogen) atoms. The van der Waals surface area contributed by atoms with Crippen molar-refractivity contribution in [2.75, 3.05) is 0 Å². The lowest BCUT2D eigenvalue weighted by Crippen LogP contribution is -2.11. The highest BCUT2D eigenvalue weighted by molar-refractivity contribution is 7.16. The fourth-order valence-corrected chi connectivity index (χ4v) is 2.01. The molecule has 1 atom stereocenters. The monoisotopic (exact) mass is 219 g/mol. The average molecular weight is 220 g/mol. The minimum absolute atomic E-state index is 0.191. The molecule has 0 radical (unpaired) electrons. The molecule has 3 nitrogen and oxygen atoms in total. The van der Waals surface area contributed by atoms with Crippen LogP contribution in [0.15, 0.2) is 12.1 Å². The summed E-state index contributed by atoms with van der Waals surface area (Å²) in [6.07, 6.45) is -0.0898. The van der Waals surface area contributed by atoms with Gasteiger partial charge in [0.1, 0.15) is 0 Å². The summed E-state index contributed by atoms with van der Waals surface area (Å²) in [7, 11) is 0. The molecule has 0 aliphatic heterocycles. The molecule has 1 aromatic heterocycles. The van der Waals surface area contributed by atoms with Gasteiger partial charge in [0.05, 0.1) is 10.4 Å². The third-order valence-corrected chi connectivity index (χ3v) is 2.92. The maximum absolute atomic E-state index is 10.4. The standard InChI is InChI=1S/C8H10ClNO2S/c9-7-3-2-6(13-7)5(11)1-4-8(10)12/h2-3,5,11H,1,4H2,(H2,10,12). The SMILES string of the molecule is NC(=O)CCC(O)c1ccc(Cl)s1. The van der Waals surface area contributed by atoms with E-state index < -0.39 is 12.0 Å². The second-order valence-corrected chi connectivity index (χ2v) is 4.41. The lowest BCUT2D eigenvalue weighted by Gasteiger charge is -2.05. The molecule has 0 spiro atoms. The van der Waals surface area contributed by atoms with Crippen LogP contribution in [0.3, 0.4) is 0 Å². The fraction of sp³-hybridized carbons (Fsp3) is 0.375. The molecular formula is C8H10ClNO2S. The molecule has 1 amide bonds. The number of nitrogens with two attached hydrogens (primary N) is 1. The van der Waals surface area contributed by atoms with Crippen LogP contribution < -0.4 is 5.73 Å². The van der Waals surface area contributed by atoms with Gasteiger partial charge in [-0.05, 0) is 18.6 Å². The van der Waals surface area contributed by atoms with Crippen molar-refractivity contribution in [2.45, 2.75) is 18.9 Å². The maximum atomic E-state index is 10.4. The van der Waals surface area contributed by atoms with Crippen LogP contribution in [0.5, 0.6) is 0 Å². The predicted molar refractivity (Wildman–Crippen MR) is 52.7 cm³/mol. The van der Waals surface area contributed by atoms with Gasteiger partial charge in [-0.15, -0.1) is 11.3 Å². The fourth-order valence-electron chi connectivity index (χ4n) is 0.929. The van der Waals surface area contributed by atoms with Gasteiger partial charge in [0.2, 0.25) is 5.91 Å². The summed E-state index contributed by atoms with van der Waals surface area (Å²) in [5, 5.41) is 9.53. The number of hydrogen-bond acceptors (Lipinski definition) is 3. The van der Waals surface area contributed by atoms with E-state index in [1.165, 1.54) is 11.3 Å². The van der Waals surface area contributed by atoms with Gasteiger partial charge in [-0.3, -0.25) is 4.79 Å². The first-order chi connectivity index (χ1) is 6.09. The van der Waals surface area contributed by atoms with Gasteiger partial charge in [0, 0.05) is 11.3 Å². The van der Waals surface area contributed by atoms with Crippen LogP contribution in [0, 0.1) is 0 Å². The second kappa shape index (κ2) is 4.60. The van der Waals surface area contributed by atoms with E-state index in [-0.39, 0.29) is 6.42 Å². The lowest BCUT2D eigenvalue weighted by molar-refractivity contribution is -0.118. The van der Waals surface area contributed by atoms with Crippen LogP contribution >= 0.6 is 22.9 Å². The maximum Gasteiger partial charge on any atom is 0.217 e. The highest BCUT2D eigenvalue weighted by Crippen LogP contribution is 2.28. The molecule has 72 valence electrons. The quantitative estimate of drug-likeness (QED) is 0.810. The van der Waals surface area contributed by atoms with Crippen LogP contribution in [-0.4, -0.2) is 11.0 Å². The Kier molecular flexibility index (Phi) is 3.71. The minimum atomic E-state index is -0.634. The summed E-state index contributed by atoms with van der Waals surface area (Å²) in [5.74, 6) is -0.401. The van der Waals surface area contributed by atoms with Crippen LogP contribution in [-0.2, 0) is 4.79 Å². The number of aliphatic hydroxyl groups is 1. The van der Waals surface area contributed by atoms with Crippen LogP contribution in [0.1, 0.15) is 23.8 Å². The summed E-state index contributed by atoms with van der Waals surface area (Å²) in [6, 6.07) is 3.47.